The molecule has 2 N–H and O–H groups in total. The van der Waals surface area contributed by atoms with E-state index < -0.39 is 18.5 Å². The summed E-state index contributed by atoms with van der Waals surface area (Å²) in [5, 5.41) is 5.96. The van der Waals surface area contributed by atoms with Crippen molar-refractivity contribution < 1.29 is 19.1 Å². The summed E-state index contributed by atoms with van der Waals surface area (Å²) in [6.45, 7) is 1.71. The number of esters is 1. The molecule has 0 unspecified atom stereocenters. The van der Waals surface area contributed by atoms with Crippen molar-refractivity contribution in [1.29, 1.82) is 0 Å². The number of benzene rings is 3. The van der Waals surface area contributed by atoms with Crippen LogP contribution in [0.15, 0.2) is 72.8 Å². The van der Waals surface area contributed by atoms with Crippen LogP contribution in [0.1, 0.15) is 31.8 Å². The van der Waals surface area contributed by atoms with Gasteiger partial charge >= 0.3 is 5.97 Å². The largest absolute Gasteiger partial charge is 0.452 e. The molecule has 0 spiro atoms. The molecule has 3 aromatic rings. The number of carbonyl (C=O) groups is 3. The van der Waals surface area contributed by atoms with E-state index in [1.54, 1.807) is 54.6 Å². The molecule has 0 bridgehead atoms. The summed E-state index contributed by atoms with van der Waals surface area (Å²) in [6.07, 6.45) is 0. The minimum Gasteiger partial charge on any atom is -0.452 e. The average Bonchev–Trinajstić information content (AvgIpc) is 2.76. The number of anilines is 1. The smallest absolute Gasteiger partial charge is 0.340 e. The molecule has 0 heterocycles. The molecule has 0 radical (unpaired) electrons. The maximum absolute atomic E-state index is 12.5. The molecule has 31 heavy (non-hydrogen) atoms. The third-order valence-electron chi connectivity index (χ3n) is 4.39. The van der Waals surface area contributed by atoms with Gasteiger partial charge in [0.15, 0.2) is 6.61 Å². The van der Waals surface area contributed by atoms with E-state index in [1.807, 2.05) is 19.1 Å². The number of hydrogen-bond acceptors (Lipinski definition) is 4. The number of halogens is 1. The zero-order valence-corrected chi connectivity index (χ0v) is 17.6. The van der Waals surface area contributed by atoms with E-state index in [0.717, 1.165) is 11.1 Å². The molecule has 0 saturated heterocycles. The Morgan fingerprint density at radius 1 is 0.935 bits per heavy atom. The average molecular weight is 437 g/mol. The molecule has 2 amide bonds. The Kier molecular flexibility index (Phi) is 7.40. The second kappa shape index (κ2) is 10.4. The van der Waals surface area contributed by atoms with Crippen LogP contribution in [0.4, 0.5) is 5.69 Å². The quantitative estimate of drug-likeness (QED) is 0.538. The molecule has 6 nitrogen and oxygen atoms in total. The van der Waals surface area contributed by atoms with Gasteiger partial charge in [-0.05, 0) is 48.9 Å². The number of ether oxygens (including phenoxy) is 1. The van der Waals surface area contributed by atoms with Crippen LogP contribution in [0.3, 0.4) is 0 Å². The van der Waals surface area contributed by atoms with Gasteiger partial charge in [0.25, 0.3) is 11.8 Å². The molecule has 0 aromatic heterocycles. The van der Waals surface area contributed by atoms with Crippen molar-refractivity contribution >= 4 is 35.1 Å². The Bertz CT molecular complexity index is 1110. The minimum absolute atomic E-state index is 0.158. The molecule has 3 aromatic carbocycles. The zero-order chi connectivity index (χ0) is 22.2. The van der Waals surface area contributed by atoms with Gasteiger partial charge in [0.05, 0.1) is 11.3 Å². The van der Waals surface area contributed by atoms with Crippen LogP contribution in [0.5, 0.6) is 0 Å². The number of para-hydroxylation sites is 1. The standard InChI is InChI=1S/C24H21ClN2O4/c1-16-6-4-8-18(12-16)23(29)27-21-11-3-2-10-20(21)24(30)31-15-22(28)26-14-17-7-5-9-19(25)13-17/h2-13H,14-15H2,1H3,(H,26,28)(H,27,29). The topological polar surface area (TPSA) is 84.5 Å². The van der Waals surface area contributed by atoms with Crippen LogP contribution in [0, 0.1) is 6.92 Å². The minimum atomic E-state index is -0.710. The van der Waals surface area contributed by atoms with Gasteiger partial charge < -0.3 is 15.4 Å². The number of amides is 2. The molecule has 3 rings (SSSR count). The summed E-state index contributed by atoms with van der Waals surface area (Å²) in [6, 6.07) is 20.7. The molecular formula is C24H21ClN2O4. The molecule has 0 aliphatic rings. The zero-order valence-electron chi connectivity index (χ0n) is 16.9. The highest BCUT2D eigenvalue weighted by molar-refractivity contribution is 6.30. The molecule has 158 valence electrons. The van der Waals surface area contributed by atoms with Crippen LogP contribution in [-0.2, 0) is 16.1 Å². The van der Waals surface area contributed by atoms with E-state index in [9.17, 15) is 14.4 Å². The van der Waals surface area contributed by atoms with Crippen molar-refractivity contribution in [3.63, 3.8) is 0 Å². The lowest BCUT2D eigenvalue weighted by Crippen LogP contribution is -2.28. The Morgan fingerprint density at radius 2 is 1.71 bits per heavy atom. The van der Waals surface area contributed by atoms with Crippen LogP contribution >= 0.6 is 11.6 Å². The van der Waals surface area contributed by atoms with Crippen LogP contribution in [0.2, 0.25) is 5.02 Å². The number of nitrogens with one attached hydrogen (secondary N) is 2. The highest BCUT2D eigenvalue weighted by atomic mass is 35.5. The lowest BCUT2D eigenvalue weighted by molar-refractivity contribution is -0.124. The fourth-order valence-electron chi connectivity index (χ4n) is 2.86. The van der Waals surface area contributed by atoms with Crippen molar-refractivity contribution in [2.45, 2.75) is 13.5 Å². The van der Waals surface area contributed by atoms with Crippen LogP contribution in [-0.4, -0.2) is 24.4 Å². The monoisotopic (exact) mass is 436 g/mol. The molecule has 7 heteroatoms. The molecule has 0 aliphatic heterocycles. The normalized spacial score (nSPS) is 10.3. The Hall–Kier alpha value is -3.64. The highest BCUT2D eigenvalue weighted by Gasteiger charge is 2.16. The van der Waals surface area contributed by atoms with Gasteiger partial charge in [-0.25, -0.2) is 4.79 Å². The Labute approximate surface area is 185 Å². The fourth-order valence-corrected chi connectivity index (χ4v) is 3.07. The van der Waals surface area contributed by atoms with E-state index in [1.165, 1.54) is 6.07 Å². The maximum Gasteiger partial charge on any atom is 0.340 e. The predicted molar refractivity (Wildman–Crippen MR) is 119 cm³/mol. The van der Waals surface area contributed by atoms with Gasteiger partial charge in [-0.2, -0.15) is 0 Å². The first kappa shape index (κ1) is 22.1. The van der Waals surface area contributed by atoms with E-state index in [4.69, 9.17) is 16.3 Å². The second-order valence-electron chi connectivity index (χ2n) is 6.85. The lowest BCUT2D eigenvalue weighted by atomic mass is 10.1. The van der Waals surface area contributed by atoms with Crippen molar-refractivity contribution in [2.24, 2.45) is 0 Å². The van der Waals surface area contributed by atoms with Gasteiger partial charge in [0.1, 0.15) is 0 Å². The van der Waals surface area contributed by atoms with Gasteiger partial charge in [0, 0.05) is 17.1 Å². The highest BCUT2D eigenvalue weighted by Crippen LogP contribution is 2.18. The van der Waals surface area contributed by atoms with Gasteiger partial charge in [-0.15, -0.1) is 0 Å². The molecular weight excluding hydrogens is 416 g/mol. The summed E-state index contributed by atoms with van der Waals surface area (Å²) in [5.41, 5.74) is 2.72. The number of carbonyl (C=O) groups excluding carboxylic acids is 3. The number of aryl methyl sites for hydroxylation is 1. The molecule has 0 atom stereocenters. The first-order valence-corrected chi connectivity index (χ1v) is 9.95. The van der Waals surface area contributed by atoms with Gasteiger partial charge in [-0.3, -0.25) is 9.59 Å². The third-order valence-corrected chi connectivity index (χ3v) is 4.62. The van der Waals surface area contributed by atoms with Gasteiger partial charge in [-0.1, -0.05) is 53.6 Å². The summed E-state index contributed by atoms with van der Waals surface area (Å²) >= 11 is 5.92. The molecule has 0 saturated carbocycles. The van der Waals surface area contributed by atoms with Crippen molar-refractivity contribution in [2.75, 3.05) is 11.9 Å². The van der Waals surface area contributed by atoms with E-state index in [-0.39, 0.29) is 18.0 Å². The molecule has 0 fully saturated rings. The molecule has 0 aliphatic carbocycles. The fraction of sp³-hybridized carbons (Fsp3) is 0.125. The van der Waals surface area contributed by atoms with Crippen LogP contribution < -0.4 is 10.6 Å². The predicted octanol–water partition coefficient (Wildman–Crippen LogP) is 4.37. The third kappa shape index (κ3) is 6.42. The van der Waals surface area contributed by atoms with Crippen molar-refractivity contribution in [3.05, 3.63) is 100 Å². The van der Waals surface area contributed by atoms with Gasteiger partial charge in [0.2, 0.25) is 0 Å². The second-order valence-corrected chi connectivity index (χ2v) is 7.29. The van der Waals surface area contributed by atoms with E-state index in [0.29, 0.717) is 16.3 Å². The van der Waals surface area contributed by atoms with Crippen LogP contribution in [0.25, 0.3) is 0 Å². The summed E-state index contributed by atoms with van der Waals surface area (Å²) < 4.78 is 5.12. The maximum atomic E-state index is 12.5. The Balaban J connectivity index is 1.58. The lowest BCUT2D eigenvalue weighted by Gasteiger charge is -2.11. The Morgan fingerprint density at radius 3 is 2.48 bits per heavy atom. The van der Waals surface area contributed by atoms with E-state index in [2.05, 4.69) is 10.6 Å². The van der Waals surface area contributed by atoms with Crippen molar-refractivity contribution in [1.82, 2.24) is 5.32 Å². The first-order valence-electron chi connectivity index (χ1n) is 9.57. The van der Waals surface area contributed by atoms with E-state index >= 15 is 0 Å². The number of hydrogen-bond donors (Lipinski definition) is 2. The summed E-state index contributed by atoms with van der Waals surface area (Å²) in [4.78, 5) is 37.0. The van der Waals surface area contributed by atoms with Crippen molar-refractivity contribution in [3.8, 4) is 0 Å². The summed E-state index contributed by atoms with van der Waals surface area (Å²) in [5.74, 6) is -1.50. The SMILES string of the molecule is Cc1cccc(C(=O)Nc2ccccc2C(=O)OCC(=O)NCc2cccc(Cl)c2)c1. The first-order chi connectivity index (χ1) is 14.9. The number of rotatable bonds is 7. The summed E-state index contributed by atoms with van der Waals surface area (Å²) in [7, 11) is 0.